The molecule has 6 nitrogen and oxygen atoms in total. The van der Waals surface area contributed by atoms with Crippen molar-refractivity contribution in [3.8, 4) is 5.75 Å². The monoisotopic (exact) mass is 436 g/mol. The molecule has 152 valence electrons. The summed E-state index contributed by atoms with van der Waals surface area (Å²) in [5, 5.41) is 10.0. The number of ether oxygens (including phenoxy) is 1. The first-order chi connectivity index (χ1) is 13.9. The number of hydrogen-bond acceptors (Lipinski definition) is 4. The summed E-state index contributed by atoms with van der Waals surface area (Å²) in [5.74, 6) is -2.25. The average Bonchev–Trinajstić information content (AvgIpc) is 3.03. The molecule has 0 aliphatic rings. The molecule has 0 radical (unpaired) electrons. The molecule has 1 unspecified atom stereocenters. The standard InChI is InChI=1S/C20H18ClFN2O4S/c1-3-13(19(26)27)24-14-8-9-15(28-4-2)16(22)17(14)29-20(24)23-18(25)11-6-5-7-12(21)10-11/h5-10,13H,3-4H2,1-2H3,(H,26,27)/b23-20-. The Labute approximate surface area is 174 Å². The molecule has 0 bridgehead atoms. The van der Waals surface area contributed by atoms with Crippen LogP contribution >= 0.6 is 22.9 Å². The van der Waals surface area contributed by atoms with E-state index >= 15 is 0 Å². The number of amides is 1. The first-order valence-electron chi connectivity index (χ1n) is 8.91. The Morgan fingerprint density at radius 2 is 2.07 bits per heavy atom. The molecule has 1 atom stereocenters. The molecule has 0 saturated carbocycles. The summed E-state index contributed by atoms with van der Waals surface area (Å²) >= 11 is 6.84. The zero-order valence-electron chi connectivity index (χ0n) is 15.7. The van der Waals surface area contributed by atoms with Gasteiger partial charge >= 0.3 is 5.97 Å². The Balaban J connectivity index is 2.27. The van der Waals surface area contributed by atoms with Gasteiger partial charge in [-0.05, 0) is 43.7 Å². The van der Waals surface area contributed by atoms with Crippen LogP contribution < -0.4 is 9.54 Å². The highest BCUT2D eigenvalue weighted by Crippen LogP contribution is 2.31. The van der Waals surface area contributed by atoms with Crippen LogP contribution in [0, 0.1) is 5.82 Å². The van der Waals surface area contributed by atoms with E-state index in [-0.39, 0.29) is 33.8 Å². The van der Waals surface area contributed by atoms with Crippen molar-refractivity contribution < 1.29 is 23.8 Å². The fourth-order valence-corrected chi connectivity index (χ4v) is 4.23. The van der Waals surface area contributed by atoms with Crippen molar-refractivity contribution in [2.75, 3.05) is 6.61 Å². The van der Waals surface area contributed by atoms with Crippen molar-refractivity contribution >= 4 is 45.0 Å². The quantitative estimate of drug-likeness (QED) is 0.608. The zero-order valence-corrected chi connectivity index (χ0v) is 17.3. The van der Waals surface area contributed by atoms with Gasteiger partial charge in [0.2, 0.25) is 0 Å². The van der Waals surface area contributed by atoms with Crippen LogP contribution in [0.3, 0.4) is 0 Å². The van der Waals surface area contributed by atoms with Crippen molar-refractivity contribution in [2.45, 2.75) is 26.3 Å². The van der Waals surface area contributed by atoms with Gasteiger partial charge in [-0.3, -0.25) is 4.79 Å². The number of benzene rings is 2. The minimum Gasteiger partial charge on any atom is -0.491 e. The molecule has 3 rings (SSSR count). The van der Waals surface area contributed by atoms with E-state index in [0.717, 1.165) is 11.3 Å². The van der Waals surface area contributed by atoms with Gasteiger partial charge in [0.1, 0.15) is 6.04 Å². The molecule has 9 heteroatoms. The molecule has 29 heavy (non-hydrogen) atoms. The smallest absolute Gasteiger partial charge is 0.326 e. The minimum atomic E-state index is -1.10. The number of carboxylic acid groups (broad SMARTS) is 1. The van der Waals surface area contributed by atoms with Gasteiger partial charge in [0, 0.05) is 10.6 Å². The summed E-state index contributed by atoms with van der Waals surface area (Å²) in [5.41, 5.74) is 0.586. The summed E-state index contributed by atoms with van der Waals surface area (Å²) in [6.45, 7) is 3.72. The molecule has 1 N–H and O–H groups in total. The van der Waals surface area contributed by atoms with Gasteiger partial charge in [-0.15, -0.1) is 0 Å². The number of fused-ring (bicyclic) bond motifs is 1. The fraction of sp³-hybridized carbons (Fsp3) is 0.250. The third kappa shape index (κ3) is 4.18. The van der Waals surface area contributed by atoms with E-state index in [1.54, 1.807) is 38.1 Å². The second-order valence-electron chi connectivity index (χ2n) is 6.10. The van der Waals surface area contributed by atoms with E-state index in [1.807, 2.05) is 0 Å². The SMILES string of the molecule is CCOc1ccc2c(s/c(=N\C(=O)c3cccc(Cl)c3)n2C(CC)C(=O)O)c1F. The van der Waals surface area contributed by atoms with Crippen LogP contribution in [0.2, 0.25) is 5.02 Å². The predicted molar refractivity (Wildman–Crippen MR) is 109 cm³/mol. The van der Waals surface area contributed by atoms with E-state index in [4.69, 9.17) is 16.3 Å². The van der Waals surface area contributed by atoms with E-state index in [0.29, 0.717) is 10.5 Å². The summed E-state index contributed by atoms with van der Waals surface area (Å²) in [6, 6.07) is 8.28. The number of thiazole rings is 1. The second-order valence-corrected chi connectivity index (χ2v) is 7.52. The molecular formula is C20H18ClFN2O4S. The lowest BCUT2D eigenvalue weighted by atomic mass is 10.2. The number of carbonyl (C=O) groups is 2. The Kier molecular flexibility index (Phi) is 6.34. The van der Waals surface area contributed by atoms with Crippen molar-refractivity contribution in [2.24, 2.45) is 4.99 Å². The fourth-order valence-electron chi connectivity index (χ4n) is 2.94. The third-order valence-electron chi connectivity index (χ3n) is 4.25. The predicted octanol–water partition coefficient (Wildman–Crippen LogP) is 4.67. The number of rotatable bonds is 6. The molecule has 0 spiro atoms. The molecule has 0 aliphatic carbocycles. The zero-order chi connectivity index (χ0) is 21.1. The lowest BCUT2D eigenvalue weighted by Gasteiger charge is -2.14. The number of hydrogen-bond donors (Lipinski definition) is 1. The molecular weight excluding hydrogens is 419 g/mol. The van der Waals surface area contributed by atoms with Crippen molar-refractivity contribution in [3.63, 3.8) is 0 Å². The van der Waals surface area contributed by atoms with Gasteiger partial charge in [0.25, 0.3) is 5.91 Å². The Bertz CT molecular complexity index is 1160. The van der Waals surface area contributed by atoms with E-state index in [1.165, 1.54) is 16.7 Å². The average molecular weight is 437 g/mol. The third-order valence-corrected chi connectivity index (χ3v) is 5.55. The first kappa shape index (κ1) is 21.0. The molecule has 1 aromatic heterocycles. The van der Waals surface area contributed by atoms with E-state index in [2.05, 4.69) is 4.99 Å². The lowest BCUT2D eigenvalue weighted by Crippen LogP contribution is -2.27. The highest BCUT2D eigenvalue weighted by Gasteiger charge is 2.24. The minimum absolute atomic E-state index is 0.0597. The molecule has 1 heterocycles. The van der Waals surface area contributed by atoms with Crippen LogP contribution in [0.4, 0.5) is 4.39 Å². The van der Waals surface area contributed by atoms with E-state index in [9.17, 15) is 19.1 Å². The van der Waals surface area contributed by atoms with Crippen LogP contribution in [0.25, 0.3) is 10.2 Å². The number of nitrogens with zero attached hydrogens (tertiary/aromatic N) is 2. The van der Waals surface area contributed by atoms with Crippen LogP contribution in [0.5, 0.6) is 5.75 Å². The summed E-state index contributed by atoms with van der Waals surface area (Å²) < 4.78 is 21.8. The summed E-state index contributed by atoms with van der Waals surface area (Å²) in [7, 11) is 0. The molecule has 0 aliphatic heterocycles. The first-order valence-corrected chi connectivity index (χ1v) is 10.1. The Morgan fingerprint density at radius 1 is 1.31 bits per heavy atom. The van der Waals surface area contributed by atoms with Crippen molar-refractivity contribution in [3.05, 3.63) is 57.6 Å². The lowest BCUT2D eigenvalue weighted by molar-refractivity contribution is -0.140. The van der Waals surface area contributed by atoms with Gasteiger partial charge in [-0.2, -0.15) is 4.99 Å². The molecule has 1 amide bonds. The maximum atomic E-state index is 14.9. The number of aliphatic carboxylic acids is 1. The number of aromatic nitrogens is 1. The number of carboxylic acids is 1. The van der Waals surface area contributed by atoms with Gasteiger partial charge in [-0.1, -0.05) is 35.9 Å². The van der Waals surface area contributed by atoms with Gasteiger partial charge in [0.05, 0.1) is 16.8 Å². The van der Waals surface area contributed by atoms with Crippen LogP contribution in [-0.4, -0.2) is 28.2 Å². The summed E-state index contributed by atoms with van der Waals surface area (Å²) in [6.07, 6.45) is 0.231. The normalized spacial score (nSPS) is 12.9. The molecule has 2 aromatic carbocycles. The molecule has 0 fully saturated rings. The molecule has 3 aromatic rings. The maximum Gasteiger partial charge on any atom is 0.326 e. The summed E-state index contributed by atoms with van der Waals surface area (Å²) in [4.78, 5) is 28.6. The Hall–Kier alpha value is -2.71. The highest BCUT2D eigenvalue weighted by molar-refractivity contribution is 7.16. The Morgan fingerprint density at radius 3 is 2.69 bits per heavy atom. The van der Waals surface area contributed by atoms with Gasteiger partial charge < -0.3 is 14.4 Å². The topological polar surface area (TPSA) is 80.9 Å². The number of halogens is 2. The largest absolute Gasteiger partial charge is 0.491 e. The second kappa shape index (κ2) is 8.75. The van der Waals surface area contributed by atoms with Crippen molar-refractivity contribution in [1.82, 2.24) is 4.57 Å². The highest BCUT2D eigenvalue weighted by atomic mass is 35.5. The van der Waals surface area contributed by atoms with Crippen LogP contribution in [-0.2, 0) is 4.79 Å². The molecule has 0 saturated heterocycles. The van der Waals surface area contributed by atoms with E-state index < -0.39 is 23.7 Å². The maximum absolute atomic E-state index is 14.9. The van der Waals surface area contributed by atoms with Crippen molar-refractivity contribution in [1.29, 1.82) is 0 Å². The van der Waals surface area contributed by atoms with Crippen LogP contribution in [0.1, 0.15) is 36.7 Å². The number of carbonyl (C=O) groups excluding carboxylic acids is 1. The van der Waals surface area contributed by atoms with Crippen LogP contribution in [0.15, 0.2) is 41.4 Å². The van der Waals surface area contributed by atoms with Gasteiger partial charge in [-0.25, -0.2) is 9.18 Å². The van der Waals surface area contributed by atoms with Gasteiger partial charge in [0.15, 0.2) is 16.4 Å².